The Labute approximate surface area is 121 Å². The first-order valence-corrected chi connectivity index (χ1v) is 7.02. The maximum absolute atomic E-state index is 12.5. The van der Waals surface area contributed by atoms with Crippen molar-refractivity contribution in [2.75, 3.05) is 19.0 Å². The van der Waals surface area contributed by atoms with E-state index in [1.807, 2.05) is 6.92 Å². The number of morpholine rings is 1. The van der Waals surface area contributed by atoms with Crippen LogP contribution in [0.25, 0.3) is 0 Å². The fraction of sp³-hybridized carbons (Fsp3) is 0.571. The van der Waals surface area contributed by atoms with Gasteiger partial charge in [-0.3, -0.25) is 4.90 Å². The van der Waals surface area contributed by atoms with Gasteiger partial charge in [-0.2, -0.15) is 13.2 Å². The van der Waals surface area contributed by atoms with Crippen molar-refractivity contribution in [1.29, 1.82) is 0 Å². The second kappa shape index (κ2) is 6.33. The minimum absolute atomic E-state index is 0.0186. The zero-order chi connectivity index (χ0) is 14.8. The van der Waals surface area contributed by atoms with E-state index >= 15 is 0 Å². The predicted molar refractivity (Wildman–Crippen MR) is 71.8 cm³/mol. The van der Waals surface area contributed by atoms with Crippen LogP contribution < -0.4 is 0 Å². The number of benzene rings is 1. The summed E-state index contributed by atoms with van der Waals surface area (Å²) in [5.74, 6) is 0.424. The molecule has 0 amide bonds. The van der Waals surface area contributed by atoms with Crippen LogP contribution in [0, 0.1) is 0 Å². The molecule has 1 aromatic rings. The lowest BCUT2D eigenvalue weighted by molar-refractivity contribution is -0.137. The Bertz CT molecular complexity index is 435. The summed E-state index contributed by atoms with van der Waals surface area (Å²) in [6.07, 6.45) is -4.22. The van der Waals surface area contributed by atoms with Crippen LogP contribution in [0.1, 0.15) is 18.1 Å². The van der Waals surface area contributed by atoms with E-state index < -0.39 is 11.7 Å². The van der Waals surface area contributed by atoms with Crippen molar-refractivity contribution in [3.63, 3.8) is 0 Å². The van der Waals surface area contributed by atoms with Crippen molar-refractivity contribution in [2.24, 2.45) is 0 Å². The van der Waals surface area contributed by atoms with Crippen molar-refractivity contribution in [1.82, 2.24) is 4.90 Å². The first kappa shape index (κ1) is 15.6. The Hall–Kier alpha value is -0.780. The highest BCUT2D eigenvalue weighted by Gasteiger charge is 2.30. The van der Waals surface area contributed by atoms with Gasteiger partial charge in [0.15, 0.2) is 0 Å². The third-order valence-corrected chi connectivity index (χ3v) is 3.61. The molecule has 0 radical (unpaired) electrons. The number of ether oxygens (including phenoxy) is 1. The van der Waals surface area contributed by atoms with E-state index in [1.54, 1.807) is 0 Å². The largest absolute Gasteiger partial charge is 0.416 e. The summed E-state index contributed by atoms with van der Waals surface area (Å²) in [7, 11) is 0. The van der Waals surface area contributed by atoms with Gasteiger partial charge < -0.3 is 4.74 Å². The summed E-state index contributed by atoms with van der Waals surface area (Å²) < 4.78 is 43.1. The molecule has 1 saturated heterocycles. The highest BCUT2D eigenvalue weighted by Crippen LogP contribution is 2.29. The number of rotatable bonds is 3. The highest BCUT2D eigenvalue weighted by molar-refractivity contribution is 6.18. The van der Waals surface area contributed by atoms with Gasteiger partial charge in [0.1, 0.15) is 0 Å². The molecule has 2 rings (SSSR count). The number of halogens is 4. The van der Waals surface area contributed by atoms with Crippen LogP contribution >= 0.6 is 11.6 Å². The maximum atomic E-state index is 12.5. The molecule has 2 nitrogen and oxygen atoms in total. The number of hydrogen-bond donors (Lipinski definition) is 0. The molecule has 0 spiro atoms. The molecule has 6 heteroatoms. The fourth-order valence-corrected chi connectivity index (χ4v) is 2.58. The van der Waals surface area contributed by atoms with Crippen molar-refractivity contribution in [3.8, 4) is 0 Å². The summed E-state index contributed by atoms with van der Waals surface area (Å²) in [5.41, 5.74) is 0.246. The Morgan fingerprint density at radius 1 is 1.25 bits per heavy atom. The zero-order valence-corrected chi connectivity index (χ0v) is 11.9. The molecule has 0 bridgehead atoms. The molecule has 0 N–H and O–H groups in total. The molecule has 1 aromatic carbocycles. The van der Waals surface area contributed by atoms with Gasteiger partial charge in [-0.15, -0.1) is 11.6 Å². The standard InChI is InChI=1S/C14H17ClF3NO/c1-10-7-19(9-13(6-15)20-10)8-11-2-4-12(5-3-11)14(16,17)18/h2-5,10,13H,6-9H2,1H3. The second-order valence-electron chi connectivity index (χ2n) is 5.11. The van der Waals surface area contributed by atoms with Gasteiger partial charge in [-0.05, 0) is 24.6 Å². The monoisotopic (exact) mass is 307 g/mol. The highest BCUT2D eigenvalue weighted by atomic mass is 35.5. The van der Waals surface area contributed by atoms with Gasteiger partial charge in [0.2, 0.25) is 0 Å². The molecule has 2 unspecified atom stereocenters. The van der Waals surface area contributed by atoms with E-state index in [9.17, 15) is 13.2 Å². The average Bonchev–Trinajstić information content (AvgIpc) is 2.37. The summed E-state index contributed by atoms with van der Waals surface area (Å²) >= 11 is 5.81. The molecule has 112 valence electrons. The van der Waals surface area contributed by atoms with Crippen LogP contribution in [0.2, 0.25) is 0 Å². The molecule has 2 atom stereocenters. The molecule has 1 heterocycles. The van der Waals surface area contributed by atoms with Crippen LogP contribution in [0.5, 0.6) is 0 Å². The van der Waals surface area contributed by atoms with Crippen molar-refractivity contribution >= 4 is 11.6 Å². The molecular formula is C14H17ClF3NO. The molecule has 0 saturated carbocycles. The van der Waals surface area contributed by atoms with Crippen molar-refractivity contribution in [3.05, 3.63) is 35.4 Å². The van der Waals surface area contributed by atoms with Gasteiger partial charge in [-0.25, -0.2) is 0 Å². The van der Waals surface area contributed by atoms with E-state index in [0.29, 0.717) is 19.0 Å². The molecule has 1 aliphatic heterocycles. The zero-order valence-electron chi connectivity index (χ0n) is 11.2. The van der Waals surface area contributed by atoms with E-state index in [1.165, 1.54) is 12.1 Å². The third kappa shape index (κ3) is 4.11. The third-order valence-electron chi connectivity index (χ3n) is 3.26. The van der Waals surface area contributed by atoms with E-state index in [0.717, 1.165) is 24.2 Å². The maximum Gasteiger partial charge on any atom is 0.416 e. The molecule has 1 aliphatic rings. The predicted octanol–water partition coefficient (Wildman–Crippen LogP) is 3.53. The Morgan fingerprint density at radius 2 is 1.90 bits per heavy atom. The molecular weight excluding hydrogens is 291 g/mol. The summed E-state index contributed by atoms with van der Waals surface area (Å²) in [5, 5.41) is 0. The van der Waals surface area contributed by atoms with E-state index in [-0.39, 0.29) is 12.2 Å². The van der Waals surface area contributed by atoms with Crippen molar-refractivity contribution in [2.45, 2.75) is 31.9 Å². The van der Waals surface area contributed by atoms with Gasteiger partial charge in [0.25, 0.3) is 0 Å². The second-order valence-corrected chi connectivity index (χ2v) is 5.42. The summed E-state index contributed by atoms with van der Waals surface area (Å²) in [6.45, 7) is 4.04. The summed E-state index contributed by atoms with van der Waals surface area (Å²) in [4.78, 5) is 2.16. The number of alkyl halides is 4. The van der Waals surface area contributed by atoms with E-state index in [4.69, 9.17) is 16.3 Å². The quantitative estimate of drug-likeness (QED) is 0.792. The minimum atomic E-state index is -4.28. The first-order chi connectivity index (χ1) is 9.38. The van der Waals surface area contributed by atoms with Crippen LogP contribution in [0.15, 0.2) is 24.3 Å². The Morgan fingerprint density at radius 3 is 2.45 bits per heavy atom. The number of hydrogen-bond acceptors (Lipinski definition) is 2. The fourth-order valence-electron chi connectivity index (χ4n) is 2.41. The molecule has 0 aromatic heterocycles. The van der Waals surface area contributed by atoms with Gasteiger partial charge >= 0.3 is 6.18 Å². The molecule has 0 aliphatic carbocycles. The van der Waals surface area contributed by atoms with Crippen LogP contribution in [0.3, 0.4) is 0 Å². The van der Waals surface area contributed by atoms with Crippen LogP contribution in [-0.4, -0.2) is 36.1 Å². The van der Waals surface area contributed by atoms with Crippen LogP contribution in [-0.2, 0) is 17.5 Å². The molecule has 1 fully saturated rings. The van der Waals surface area contributed by atoms with Gasteiger partial charge in [0.05, 0.1) is 17.8 Å². The SMILES string of the molecule is CC1CN(Cc2ccc(C(F)(F)F)cc2)CC(CCl)O1. The smallest absolute Gasteiger partial charge is 0.371 e. The Balaban J connectivity index is 1.99. The summed E-state index contributed by atoms with van der Waals surface area (Å²) in [6, 6.07) is 5.30. The van der Waals surface area contributed by atoms with Crippen LogP contribution in [0.4, 0.5) is 13.2 Å². The van der Waals surface area contributed by atoms with E-state index in [2.05, 4.69) is 4.90 Å². The van der Waals surface area contributed by atoms with Gasteiger partial charge in [-0.1, -0.05) is 12.1 Å². The van der Waals surface area contributed by atoms with Crippen molar-refractivity contribution < 1.29 is 17.9 Å². The lowest BCUT2D eigenvalue weighted by atomic mass is 10.1. The molecule has 20 heavy (non-hydrogen) atoms. The average molecular weight is 308 g/mol. The minimum Gasteiger partial charge on any atom is -0.371 e. The lowest BCUT2D eigenvalue weighted by Gasteiger charge is -2.36. The van der Waals surface area contributed by atoms with Gasteiger partial charge in [0, 0.05) is 25.5 Å². The Kier molecular flexibility index (Phi) is 4.94. The topological polar surface area (TPSA) is 12.5 Å². The number of nitrogens with zero attached hydrogens (tertiary/aromatic N) is 1. The lowest BCUT2D eigenvalue weighted by Crippen LogP contribution is -2.46. The normalized spacial score (nSPS) is 24.9. The first-order valence-electron chi connectivity index (χ1n) is 6.48.